The van der Waals surface area contributed by atoms with Gasteiger partial charge in [0.1, 0.15) is 17.7 Å². The van der Waals surface area contributed by atoms with Crippen LogP contribution in [0.25, 0.3) is 5.82 Å². The Morgan fingerprint density at radius 3 is 2.55 bits per heavy atom. The van der Waals surface area contributed by atoms with E-state index in [1.54, 1.807) is 18.3 Å². The van der Waals surface area contributed by atoms with Crippen molar-refractivity contribution in [1.29, 1.82) is 0 Å². The summed E-state index contributed by atoms with van der Waals surface area (Å²) in [5.41, 5.74) is 3.27. The third-order valence-corrected chi connectivity index (χ3v) is 5.75. The second-order valence-corrected chi connectivity index (χ2v) is 7.83. The Morgan fingerprint density at radius 1 is 0.968 bits per heavy atom. The van der Waals surface area contributed by atoms with E-state index in [1.807, 2.05) is 77.3 Å². The van der Waals surface area contributed by atoms with Crippen LogP contribution in [0.5, 0.6) is 0 Å². The Labute approximate surface area is 185 Å². The molecule has 154 valence electrons. The minimum atomic E-state index is -0.329. The molecule has 5 rings (SSSR count). The second kappa shape index (κ2) is 7.92. The van der Waals surface area contributed by atoms with Gasteiger partial charge in [-0.25, -0.2) is 9.37 Å². The van der Waals surface area contributed by atoms with Crippen LogP contribution in [-0.2, 0) is 0 Å². The van der Waals surface area contributed by atoms with Crippen LogP contribution < -0.4 is 10.2 Å². The second-order valence-electron chi connectivity index (χ2n) is 7.44. The largest absolute Gasteiger partial charge is 0.351 e. The van der Waals surface area contributed by atoms with Crippen molar-refractivity contribution in [3.8, 4) is 5.82 Å². The third kappa shape index (κ3) is 3.47. The highest BCUT2D eigenvalue weighted by Gasteiger charge is 2.43. The number of halogens is 1. The highest BCUT2D eigenvalue weighted by atomic mass is 32.1. The molecule has 0 spiro atoms. The molecule has 1 fully saturated rings. The SMILES string of the molecule is Cc1ccc(-n2cccc2[C@H]2[C@H](c3ccccn3)NC(=S)N2c2ccccc2F)nc1. The number of anilines is 1. The number of benzene rings is 1. The lowest BCUT2D eigenvalue weighted by atomic mass is 10.0. The Balaban J connectivity index is 1.68. The maximum Gasteiger partial charge on any atom is 0.174 e. The fourth-order valence-corrected chi connectivity index (χ4v) is 4.35. The zero-order valence-corrected chi connectivity index (χ0v) is 17.6. The number of aryl methyl sites for hydroxylation is 1. The maximum absolute atomic E-state index is 14.9. The number of para-hydroxylation sites is 1. The molecule has 4 aromatic rings. The molecule has 31 heavy (non-hydrogen) atoms. The van der Waals surface area contributed by atoms with Gasteiger partial charge in [-0.2, -0.15) is 0 Å². The number of nitrogens with one attached hydrogen (secondary N) is 1. The summed E-state index contributed by atoms with van der Waals surface area (Å²) in [5.74, 6) is 0.460. The van der Waals surface area contributed by atoms with Crippen molar-refractivity contribution < 1.29 is 4.39 Å². The van der Waals surface area contributed by atoms with E-state index < -0.39 is 0 Å². The first kappa shape index (κ1) is 19.4. The molecule has 4 heterocycles. The van der Waals surface area contributed by atoms with Crippen LogP contribution in [0.15, 0.2) is 85.3 Å². The van der Waals surface area contributed by atoms with Crippen molar-refractivity contribution in [3.63, 3.8) is 0 Å². The van der Waals surface area contributed by atoms with E-state index in [0.717, 1.165) is 22.8 Å². The summed E-state index contributed by atoms with van der Waals surface area (Å²) in [6.07, 6.45) is 5.55. The van der Waals surface area contributed by atoms with Crippen molar-refractivity contribution in [2.24, 2.45) is 0 Å². The lowest BCUT2D eigenvalue weighted by Crippen LogP contribution is -2.31. The van der Waals surface area contributed by atoms with Gasteiger partial charge in [0.25, 0.3) is 0 Å². The number of pyridine rings is 2. The third-order valence-electron chi connectivity index (χ3n) is 5.44. The van der Waals surface area contributed by atoms with Crippen LogP contribution in [0.1, 0.15) is 29.0 Å². The van der Waals surface area contributed by atoms with Gasteiger partial charge in [-0.15, -0.1) is 0 Å². The number of hydrogen-bond donors (Lipinski definition) is 1. The maximum atomic E-state index is 14.9. The van der Waals surface area contributed by atoms with Crippen LogP contribution in [0.4, 0.5) is 10.1 Å². The quantitative estimate of drug-likeness (QED) is 0.468. The fourth-order valence-electron chi connectivity index (χ4n) is 4.01. The first-order chi connectivity index (χ1) is 15.1. The molecule has 0 radical (unpaired) electrons. The van der Waals surface area contributed by atoms with Gasteiger partial charge in [0, 0.05) is 24.3 Å². The van der Waals surface area contributed by atoms with Crippen LogP contribution >= 0.6 is 12.2 Å². The summed E-state index contributed by atoms with van der Waals surface area (Å²) in [7, 11) is 0. The average molecular weight is 430 g/mol. The summed E-state index contributed by atoms with van der Waals surface area (Å²) in [6, 6.07) is 19.9. The summed E-state index contributed by atoms with van der Waals surface area (Å²) in [4.78, 5) is 11.0. The number of aromatic nitrogens is 3. The molecule has 0 aliphatic carbocycles. The first-order valence-electron chi connectivity index (χ1n) is 9.99. The molecule has 1 aliphatic heterocycles. The number of nitrogens with zero attached hydrogens (tertiary/aromatic N) is 4. The smallest absolute Gasteiger partial charge is 0.174 e. The highest BCUT2D eigenvalue weighted by Crippen LogP contribution is 2.42. The molecule has 0 unspecified atom stereocenters. The van der Waals surface area contributed by atoms with Gasteiger partial charge in [-0.05, 0) is 67.2 Å². The Morgan fingerprint density at radius 2 is 1.81 bits per heavy atom. The standard InChI is InChI=1S/C24H20FN5S/c1-16-11-12-21(27-15-16)29-14-6-10-20(29)23-22(18-8-4-5-13-26-18)28-24(31)30(23)19-9-3-2-7-17(19)25/h2-15,22-23H,1H3,(H,28,31)/t22-,23-/m0/s1. The Hall–Kier alpha value is -3.58. The molecule has 1 saturated heterocycles. The van der Waals surface area contributed by atoms with Gasteiger partial charge in [0.05, 0.1) is 17.4 Å². The molecular weight excluding hydrogens is 409 g/mol. The highest BCUT2D eigenvalue weighted by molar-refractivity contribution is 7.80. The molecule has 0 amide bonds. The molecule has 3 aromatic heterocycles. The molecule has 5 nitrogen and oxygen atoms in total. The van der Waals surface area contributed by atoms with E-state index in [1.165, 1.54) is 6.07 Å². The number of hydrogen-bond acceptors (Lipinski definition) is 3. The molecule has 1 aliphatic rings. The predicted molar refractivity (Wildman–Crippen MR) is 123 cm³/mol. The van der Waals surface area contributed by atoms with Crippen molar-refractivity contribution in [2.45, 2.75) is 19.0 Å². The number of thiocarbonyl (C=S) groups is 1. The Bertz CT molecular complexity index is 1220. The van der Waals surface area contributed by atoms with E-state index >= 15 is 0 Å². The summed E-state index contributed by atoms with van der Waals surface area (Å²) >= 11 is 5.68. The zero-order chi connectivity index (χ0) is 21.4. The van der Waals surface area contributed by atoms with Gasteiger partial charge in [0.15, 0.2) is 5.11 Å². The minimum Gasteiger partial charge on any atom is -0.351 e. The first-order valence-corrected chi connectivity index (χ1v) is 10.4. The summed E-state index contributed by atoms with van der Waals surface area (Å²) in [6.45, 7) is 2.00. The molecule has 0 saturated carbocycles. The Kier molecular flexibility index (Phi) is 4.95. The van der Waals surface area contributed by atoms with E-state index in [2.05, 4.69) is 15.3 Å². The van der Waals surface area contributed by atoms with Crippen molar-refractivity contribution >= 4 is 23.0 Å². The van der Waals surface area contributed by atoms with Gasteiger partial charge in [0.2, 0.25) is 0 Å². The van der Waals surface area contributed by atoms with E-state index in [-0.39, 0.29) is 17.9 Å². The normalized spacial score (nSPS) is 18.3. The monoisotopic (exact) mass is 429 g/mol. The van der Waals surface area contributed by atoms with Gasteiger partial charge in [-0.3, -0.25) is 4.98 Å². The molecule has 2 atom stereocenters. The number of rotatable bonds is 4. The topological polar surface area (TPSA) is 46.0 Å². The van der Waals surface area contributed by atoms with Crippen LogP contribution in [0.3, 0.4) is 0 Å². The molecule has 7 heteroatoms. The molecule has 1 N–H and O–H groups in total. The van der Waals surface area contributed by atoms with Gasteiger partial charge >= 0.3 is 0 Å². The fraction of sp³-hybridized carbons (Fsp3) is 0.125. The van der Waals surface area contributed by atoms with Crippen LogP contribution in [0.2, 0.25) is 0 Å². The zero-order valence-electron chi connectivity index (χ0n) is 16.8. The molecule has 0 bridgehead atoms. The summed E-state index contributed by atoms with van der Waals surface area (Å²) in [5, 5.41) is 3.82. The van der Waals surface area contributed by atoms with Crippen molar-refractivity contribution in [1.82, 2.24) is 19.9 Å². The molecular formula is C24H20FN5S. The van der Waals surface area contributed by atoms with Crippen LogP contribution in [-0.4, -0.2) is 19.6 Å². The average Bonchev–Trinajstić information content (AvgIpc) is 3.40. The minimum absolute atomic E-state index is 0.257. The van der Waals surface area contributed by atoms with E-state index in [0.29, 0.717) is 10.8 Å². The van der Waals surface area contributed by atoms with Gasteiger partial charge in [-0.1, -0.05) is 24.3 Å². The van der Waals surface area contributed by atoms with Gasteiger partial charge < -0.3 is 14.8 Å². The van der Waals surface area contributed by atoms with Crippen LogP contribution in [0, 0.1) is 12.7 Å². The van der Waals surface area contributed by atoms with Crippen molar-refractivity contribution in [2.75, 3.05) is 4.90 Å². The van der Waals surface area contributed by atoms with E-state index in [4.69, 9.17) is 12.2 Å². The van der Waals surface area contributed by atoms with E-state index in [9.17, 15) is 4.39 Å². The lowest BCUT2D eigenvalue weighted by molar-refractivity contribution is 0.541. The summed E-state index contributed by atoms with van der Waals surface area (Å²) < 4.78 is 16.9. The predicted octanol–water partition coefficient (Wildman–Crippen LogP) is 4.89. The van der Waals surface area contributed by atoms with Crippen molar-refractivity contribution in [3.05, 3.63) is 108 Å². The molecule has 1 aromatic carbocycles. The lowest BCUT2D eigenvalue weighted by Gasteiger charge is -2.29.